The van der Waals surface area contributed by atoms with Crippen LogP contribution in [0.2, 0.25) is 0 Å². The number of fused-ring (bicyclic) bond motifs is 1. The highest BCUT2D eigenvalue weighted by Crippen LogP contribution is 2.27. The molecule has 0 aromatic carbocycles. The molecular formula is C11H13BrN2OS2. The van der Waals surface area contributed by atoms with E-state index in [0.29, 0.717) is 15.7 Å². The quantitative estimate of drug-likeness (QED) is 0.857. The zero-order valence-electron chi connectivity index (χ0n) is 9.70. The average Bonchev–Trinajstić information content (AvgIpc) is 2.69. The maximum Gasteiger partial charge on any atom is 0.183 e. The Hall–Kier alpha value is -0.330. The number of hydrogen-bond donors (Lipinski definition) is 0. The summed E-state index contributed by atoms with van der Waals surface area (Å²) in [5.74, 6) is 0.691. The van der Waals surface area contributed by atoms with Gasteiger partial charge in [0.05, 0.1) is 21.2 Å². The number of rotatable bonds is 4. The van der Waals surface area contributed by atoms with Crippen molar-refractivity contribution in [1.82, 2.24) is 9.97 Å². The molecule has 2 rings (SSSR count). The SMILES string of the molecule is CCCC[S@@](=O)c1nc2nc(C)c(Br)cc2s1. The minimum Gasteiger partial charge on any atom is -0.252 e. The summed E-state index contributed by atoms with van der Waals surface area (Å²) >= 11 is 4.92. The molecule has 2 heterocycles. The summed E-state index contributed by atoms with van der Waals surface area (Å²) in [5, 5.41) is 0. The van der Waals surface area contributed by atoms with Crippen LogP contribution in [0.4, 0.5) is 0 Å². The molecule has 0 spiro atoms. The van der Waals surface area contributed by atoms with Crippen LogP contribution in [0.1, 0.15) is 25.5 Å². The topological polar surface area (TPSA) is 42.9 Å². The van der Waals surface area contributed by atoms with Crippen molar-refractivity contribution in [2.45, 2.75) is 31.0 Å². The van der Waals surface area contributed by atoms with Crippen LogP contribution in [0, 0.1) is 6.92 Å². The fraction of sp³-hybridized carbons (Fsp3) is 0.455. The maximum atomic E-state index is 12.0. The van der Waals surface area contributed by atoms with E-state index in [2.05, 4.69) is 32.8 Å². The van der Waals surface area contributed by atoms with Crippen LogP contribution in [0.25, 0.3) is 10.3 Å². The van der Waals surface area contributed by atoms with Crippen molar-refractivity contribution < 1.29 is 4.21 Å². The van der Waals surface area contributed by atoms with Gasteiger partial charge in [-0.1, -0.05) is 13.3 Å². The van der Waals surface area contributed by atoms with Crippen molar-refractivity contribution in [3.8, 4) is 0 Å². The summed E-state index contributed by atoms with van der Waals surface area (Å²) in [6.45, 7) is 4.02. The molecule has 2 aromatic rings. The van der Waals surface area contributed by atoms with Crippen LogP contribution in [0.3, 0.4) is 0 Å². The summed E-state index contributed by atoms with van der Waals surface area (Å²) in [7, 11) is -0.977. The van der Waals surface area contributed by atoms with E-state index in [1.165, 1.54) is 11.3 Å². The smallest absolute Gasteiger partial charge is 0.183 e. The monoisotopic (exact) mass is 332 g/mol. The van der Waals surface area contributed by atoms with E-state index < -0.39 is 10.8 Å². The maximum absolute atomic E-state index is 12.0. The molecule has 0 unspecified atom stereocenters. The third kappa shape index (κ3) is 2.92. The second-order valence-electron chi connectivity index (χ2n) is 3.76. The van der Waals surface area contributed by atoms with Gasteiger partial charge in [-0.2, -0.15) is 0 Å². The van der Waals surface area contributed by atoms with E-state index in [1.807, 2.05) is 13.0 Å². The molecule has 0 aliphatic heterocycles. The first kappa shape index (κ1) is 13.1. The van der Waals surface area contributed by atoms with Gasteiger partial charge in [0.2, 0.25) is 0 Å². The summed E-state index contributed by atoms with van der Waals surface area (Å²) in [6, 6.07) is 2.00. The minimum absolute atomic E-state index is 0.691. The molecule has 0 saturated heterocycles. The van der Waals surface area contributed by atoms with Crippen molar-refractivity contribution in [3.63, 3.8) is 0 Å². The number of thiazole rings is 1. The Morgan fingerprint density at radius 1 is 1.47 bits per heavy atom. The van der Waals surface area contributed by atoms with Gasteiger partial charge in [0.1, 0.15) is 0 Å². The van der Waals surface area contributed by atoms with Crippen LogP contribution in [-0.2, 0) is 10.8 Å². The van der Waals surface area contributed by atoms with E-state index in [1.54, 1.807) is 0 Å². The molecule has 92 valence electrons. The molecule has 0 amide bonds. The fourth-order valence-electron chi connectivity index (χ4n) is 1.37. The summed E-state index contributed by atoms with van der Waals surface area (Å²) in [4.78, 5) is 8.73. The zero-order valence-corrected chi connectivity index (χ0v) is 12.9. The number of hydrogen-bond acceptors (Lipinski definition) is 4. The Bertz CT molecular complexity index is 529. The Labute approximate surface area is 115 Å². The molecule has 1 atom stereocenters. The van der Waals surface area contributed by atoms with Gasteiger partial charge in [-0.3, -0.25) is 4.21 Å². The molecule has 3 nitrogen and oxygen atoms in total. The normalized spacial score (nSPS) is 13.1. The Morgan fingerprint density at radius 2 is 2.24 bits per heavy atom. The second kappa shape index (κ2) is 5.54. The van der Waals surface area contributed by atoms with E-state index in [4.69, 9.17) is 0 Å². The van der Waals surface area contributed by atoms with Gasteiger partial charge < -0.3 is 0 Å². The molecule has 0 bridgehead atoms. The lowest BCUT2D eigenvalue weighted by atomic mass is 10.4. The van der Waals surface area contributed by atoms with Crippen molar-refractivity contribution in [1.29, 1.82) is 0 Å². The van der Waals surface area contributed by atoms with Crippen molar-refractivity contribution >= 4 is 48.4 Å². The summed E-state index contributed by atoms with van der Waals surface area (Å²) in [6.07, 6.45) is 2.03. The van der Waals surface area contributed by atoms with Gasteiger partial charge in [-0.15, -0.1) is 11.3 Å². The lowest BCUT2D eigenvalue weighted by Crippen LogP contribution is -1.96. The molecule has 0 aliphatic rings. The first-order chi connectivity index (χ1) is 8.11. The zero-order chi connectivity index (χ0) is 12.4. The Balaban J connectivity index is 2.34. The van der Waals surface area contributed by atoms with E-state index in [0.717, 1.165) is 27.7 Å². The number of unbranched alkanes of at least 4 members (excludes halogenated alkanes) is 1. The van der Waals surface area contributed by atoms with Gasteiger partial charge in [0, 0.05) is 10.2 Å². The van der Waals surface area contributed by atoms with Gasteiger partial charge >= 0.3 is 0 Å². The highest BCUT2D eigenvalue weighted by molar-refractivity contribution is 9.10. The van der Waals surface area contributed by atoms with Crippen LogP contribution >= 0.6 is 27.3 Å². The van der Waals surface area contributed by atoms with Crippen LogP contribution in [0.5, 0.6) is 0 Å². The molecule has 0 N–H and O–H groups in total. The fourth-order valence-corrected chi connectivity index (χ4v) is 4.32. The van der Waals surface area contributed by atoms with Crippen LogP contribution < -0.4 is 0 Å². The number of halogens is 1. The lowest BCUT2D eigenvalue weighted by molar-refractivity contribution is 0.679. The Kier molecular flexibility index (Phi) is 4.27. The standard InChI is InChI=1S/C11H13BrN2OS2/c1-3-4-5-17(15)11-14-10-9(16-11)6-8(12)7(2)13-10/h6H,3-5H2,1-2H3/t17-/m1/s1. The first-order valence-corrected chi connectivity index (χ1v) is 8.36. The molecule has 6 heteroatoms. The highest BCUT2D eigenvalue weighted by atomic mass is 79.9. The number of aromatic nitrogens is 2. The van der Waals surface area contributed by atoms with Gasteiger partial charge in [0.25, 0.3) is 0 Å². The average molecular weight is 333 g/mol. The number of aryl methyl sites for hydroxylation is 1. The number of nitrogens with zero attached hydrogens (tertiary/aromatic N) is 2. The summed E-state index contributed by atoms with van der Waals surface area (Å²) in [5.41, 5.74) is 1.62. The van der Waals surface area contributed by atoms with Gasteiger partial charge in [0.15, 0.2) is 9.99 Å². The Morgan fingerprint density at radius 3 is 2.94 bits per heavy atom. The molecule has 0 saturated carbocycles. The first-order valence-electron chi connectivity index (χ1n) is 5.44. The van der Waals surface area contributed by atoms with Gasteiger partial charge in [-0.25, -0.2) is 9.97 Å². The molecule has 0 aliphatic carbocycles. The molecule has 17 heavy (non-hydrogen) atoms. The second-order valence-corrected chi connectivity index (χ2v) is 7.39. The van der Waals surface area contributed by atoms with Crippen LogP contribution in [-0.4, -0.2) is 19.9 Å². The largest absolute Gasteiger partial charge is 0.252 e. The van der Waals surface area contributed by atoms with E-state index in [9.17, 15) is 4.21 Å². The minimum atomic E-state index is -0.977. The summed E-state index contributed by atoms with van der Waals surface area (Å²) < 4.78 is 14.6. The molecule has 0 radical (unpaired) electrons. The van der Waals surface area contributed by atoms with Crippen molar-refractivity contribution in [2.24, 2.45) is 0 Å². The van der Waals surface area contributed by atoms with E-state index >= 15 is 0 Å². The van der Waals surface area contributed by atoms with Crippen LogP contribution in [0.15, 0.2) is 14.9 Å². The predicted octanol–water partition coefficient (Wildman–Crippen LogP) is 3.67. The van der Waals surface area contributed by atoms with Gasteiger partial charge in [-0.05, 0) is 35.3 Å². The molecule has 0 fully saturated rings. The van der Waals surface area contributed by atoms with E-state index in [-0.39, 0.29) is 0 Å². The molecular weight excluding hydrogens is 320 g/mol. The third-order valence-electron chi connectivity index (χ3n) is 2.37. The predicted molar refractivity (Wildman–Crippen MR) is 76.0 cm³/mol. The number of pyridine rings is 1. The highest BCUT2D eigenvalue weighted by Gasteiger charge is 2.12. The van der Waals surface area contributed by atoms with Crippen molar-refractivity contribution in [3.05, 3.63) is 16.2 Å². The third-order valence-corrected chi connectivity index (χ3v) is 5.91. The lowest BCUT2D eigenvalue weighted by Gasteiger charge is -1.94. The van der Waals surface area contributed by atoms with Crippen molar-refractivity contribution in [2.75, 3.05) is 5.75 Å². The molecule has 2 aromatic heterocycles.